The van der Waals surface area contributed by atoms with Gasteiger partial charge in [-0.25, -0.2) is 8.78 Å². The maximum atomic E-state index is 13.3. The normalized spacial score (nSPS) is 21.3. The molecule has 5 rings (SSSR count). The quantitative estimate of drug-likeness (QED) is 0.595. The van der Waals surface area contributed by atoms with Gasteiger partial charge in [0.05, 0.1) is 18.7 Å². The number of para-hydroxylation sites is 1. The molecule has 2 heterocycles. The van der Waals surface area contributed by atoms with Crippen molar-refractivity contribution >= 4 is 5.91 Å². The minimum atomic E-state index is -0.671. The predicted molar refractivity (Wildman–Crippen MR) is 112 cm³/mol. The number of fused-ring (bicyclic) bond motifs is 1. The molecule has 8 heteroatoms. The third kappa shape index (κ3) is 4.00. The molecule has 32 heavy (non-hydrogen) atoms. The maximum Gasteiger partial charge on any atom is 0.275 e. The summed E-state index contributed by atoms with van der Waals surface area (Å²) in [6.45, 7) is 1.58. The lowest BCUT2D eigenvalue weighted by atomic mass is 10.2. The van der Waals surface area contributed by atoms with Crippen molar-refractivity contribution in [2.75, 3.05) is 19.7 Å². The van der Waals surface area contributed by atoms with Crippen molar-refractivity contribution in [1.82, 2.24) is 14.7 Å². The molecule has 1 amide bonds. The van der Waals surface area contributed by atoms with Gasteiger partial charge in [0.2, 0.25) is 5.91 Å². The van der Waals surface area contributed by atoms with Crippen LogP contribution in [0.15, 0.2) is 65.6 Å². The molecule has 1 aromatic heterocycles. The number of aromatic nitrogens is 2. The van der Waals surface area contributed by atoms with Crippen LogP contribution in [0.3, 0.4) is 0 Å². The highest BCUT2D eigenvalue weighted by atomic mass is 19.1. The number of piperidine rings is 1. The highest BCUT2D eigenvalue weighted by molar-refractivity contribution is 5.79. The lowest BCUT2D eigenvalue weighted by Gasteiger charge is -2.20. The Labute approximate surface area is 183 Å². The summed E-state index contributed by atoms with van der Waals surface area (Å²) in [6.07, 6.45) is 1.55. The Morgan fingerprint density at radius 2 is 1.72 bits per heavy atom. The van der Waals surface area contributed by atoms with Crippen LogP contribution in [0.5, 0.6) is 5.75 Å². The lowest BCUT2D eigenvalue weighted by molar-refractivity contribution is -0.130. The van der Waals surface area contributed by atoms with E-state index in [0.717, 1.165) is 18.2 Å². The second kappa shape index (κ2) is 8.18. The summed E-state index contributed by atoms with van der Waals surface area (Å²) >= 11 is 0. The first-order valence-electron chi connectivity index (χ1n) is 10.5. The molecule has 2 fully saturated rings. The molecular weight excluding hydrogens is 416 g/mol. The molecule has 0 N–H and O–H groups in total. The summed E-state index contributed by atoms with van der Waals surface area (Å²) < 4.78 is 33.4. The van der Waals surface area contributed by atoms with Crippen molar-refractivity contribution in [3.8, 4) is 11.4 Å². The number of carbonyl (C=O) groups excluding carboxylic acids is 1. The van der Waals surface area contributed by atoms with Crippen LogP contribution in [0.1, 0.15) is 5.56 Å². The van der Waals surface area contributed by atoms with E-state index in [-0.39, 0.29) is 29.6 Å². The fraction of sp³-hybridized carbons (Fsp3) is 0.292. The van der Waals surface area contributed by atoms with Crippen LogP contribution in [-0.2, 0) is 11.2 Å². The third-order valence-electron chi connectivity index (χ3n) is 6.27. The van der Waals surface area contributed by atoms with Crippen LogP contribution in [0, 0.1) is 29.4 Å². The summed E-state index contributed by atoms with van der Waals surface area (Å²) in [5.41, 5.74) is 0.752. The van der Waals surface area contributed by atoms with E-state index in [4.69, 9.17) is 4.74 Å². The van der Waals surface area contributed by atoms with E-state index in [1.807, 2.05) is 18.2 Å². The van der Waals surface area contributed by atoms with Gasteiger partial charge in [-0.15, -0.1) is 0 Å². The van der Waals surface area contributed by atoms with Gasteiger partial charge in [-0.3, -0.25) is 9.59 Å². The largest absolute Gasteiger partial charge is 0.493 e. The molecule has 0 spiro atoms. The maximum absolute atomic E-state index is 13.3. The fourth-order valence-electron chi connectivity index (χ4n) is 4.52. The number of ether oxygens (including phenoxy) is 1. The third-order valence-corrected chi connectivity index (χ3v) is 6.27. The van der Waals surface area contributed by atoms with Gasteiger partial charge >= 0.3 is 0 Å². The minimum absolute atomic E-state index is 0.0252. The zero-order valence-electron chi connectivity index (χ0n) is 17.2. The molecule has 164 valence electrons. The van der Waals surface area contributed by atoms with Crippen molar-refractivity contribution in [3.63, 3.8) is 0 Å². The molecule has 1 saturated carbocycles. The monoisotopic (exact) mass is 437 g/mol. The van der Waals surface area contributed by atoms with E-state index in [0.29, 0.717) is 42.8 Å². The Kier molecular flexibility index (Phi) is 5.20. The van der Waals surface area contributed by atoms with Gasteiger partial charge in [-0.1, -0.05) is 18.2 Å². The molecule has 1 aliphatic carbocycles. The molecule has 0 unspecified atom stereocenters. The zero-order chi connectivity index (χ0) is 22.2. The second-order valence-electron chi connectivity index (χ2n) is 8.29. The van der Waals surface area contributed by atoms with Crippen molar-refractivity contribution in [3.05, 3.63) is 88.3 Å². The number of benzene rings is 2. The molecular formula is C24H21F2N3O3. The molecule has 1 aliphatic heterocycles. The van der Waals surface area contributed by atoms with Gasteiger partial charge < -0.3 is 9.64 Å². The Bertz CT molecular complexity index is 1180. The summed E-state index contributed by atoms with van der Waals surface area (Å²) in [5, 5.41) is 4.12. The Morgan fingerprint density at radius 1 is 1.03 bits per heavy atom. The zero-order valence-corrected chi connectivity index (χ0v) is 17.2. The van der Waals surface area contributed by atoms with E-state index in [1.54, 1.807) is 23.1 Å². The number of rotatable bonds is 6. The number of hydrogen-bond acceptors (Lipinski definition) is 4. The molecule has 1 saturated heterocycles. The van der Waals surface area contributed by atoms with Crippen molar-refractivity contribution in [1.29, 1.82) is 0 Å². The number of amides is 1. The molecule has 2 aliphatic rings. The van der Waals surface area contributed by atoms with E-state index in [9.17, 15) is 18.4 Å². The fourth-order valence-corrected chi connectivity index (χ4v) is 4.52. The number of nitrogens with zero attached hydrogens (tertiary/aromatic N) is 3. The van der Waals surface area contributed by atoms with Crippen LogP contribution < -0.4 is 10.3 Å². The van der Waals surface area contributed by atoms with E-state index >= 15 is 0 Å². The van der Waals surface area contributed by atoms with Gasteiger partial charge in [-0.05, 0) is 30.0 Å². The van der Waals surface area contributed by atoms with Crippen LogP contribution in [0.4, 0.5) is 8.78 Å². The van der Waals surface area contributed by atoms with Gasteiger partial charge in [0.1, 0.15) is 17.4 Å². The first-order chi connectivity index (χ1) is 15.5. The van der Waals surface area contributed by atoms with Crippen molar-refractivity contribution in [2.45, 2.75) is 6.42 Å². The standard InChI is InChI=1S/C24H21F2N3O3/c25-16-9-17(26)11-19(10-16)32-14-22-20-12-28(13-21(20)22)23(30)8-15-6-7-27-29(24(15)31)18-4-2-1-3-5-18/h1-7,9-11,20-22H,8,12-14H2/t20-,21+,22-. The average molecular weight is 437 g/mol. The number of carbonyl (C=O) groups is 1. The van der Waals surface area contributed by atoms with E-state index in [2.05, 4.69) is 5.10 Å². The molecule has 3 aromatic rings. The van der Waals surface area contributed by atoms with Gasteiger partial charge in [-0.2, -0.15) is 9.78 Å². The summed E-state index contributed by atoms with van der Waals surface area (Å²) in [5.74, 6) is -0.363. The van der Waals surface area contributed by atoms with Gasteiger partial charge in [0.15, 0.2) is 0 Å². The smallest absolute Gasteiger partial charge is 0.275 e. The lowest BCUT2D eigenvalue weighted by Crippen LogP contribution is -2.35. The highest BCUT2D eigenvalue weighted by Crippen LogP contribution is 2.51. The van der Waals surface area contributed by atoms with E-state index in [1.165, 1.54) is 10.9 Å². The average Bonchev–Trinajstić information content (AvgIpc) is 3.21. The Morgan fingerprint density at radius 3 is 2.41 bits per heavy atom. The topological polar surface area (TPSA) is 64.4 Å². The van der Waals surface area contributed by atoms with Crippen LogP contribution in [0.25, 0.3) is 5.69 Å². The van der Waals surface area contributed by atoms with Gasteiger partial charge in [0, 0.05) is 49.0 Å². The first-order valence-corrected chi connectivity index (χ1v) is 10.5. The van der Waals surface area contributed by atoms with Crippen LogP contribution in [-0.4, -0.2) is 40.3 Å². The summed E-state index contributed by atoms with van der Waals surface area (Å²) in [4.78, 5) is 27.3. The molecule has 0 radical (unpaired) electrons. The number of likely N-dealkylation sites (tertiary alicyclic amines) is 1. The minimum Gasteiger partial charge on any atom is -0.493 e. The van der Waals surface area contributed by atoms with Crippen LogP contribution in [0.2, 0.25) is 0 Å². The first kappa shape index (κ1) is 20.4. The Hall–Kier alpha value is -3.55. The molecule has 6 nitrogen and oxygen atoms in total. The van der Waals surface area contributed by atoms with Gasteiger partial charge in [0.25, 0.3) is 5.56 Å². The summed E-state index contributed by atoms with van der Waals surface area (Å²) in [6, 6.07) is 13.8. The summed E-state index contributed by atoms with van der Waals surface area (Å²) in [7, 11) is 0. The molecule has 3 atom stereocenters. The van der Waals surface area contributed by atoms with Crippen molar-refractivity contribution in [2.24, 2.45) is 17.8 Å². The van der Waals surface area contributed by atoms with E-state index < -0.39 is 11.6 Å². The molecule has 0 bridgehead atoms. The second-order valence-corrected chi connectivity index (χ2v) is 8.29. The highest BCUT2D eigenvalue weighted by Gasteiger charge is 2.56. The number of hydrogen-bond donors (Lipinski definition) is 0. The predicted octanol–water partition coefficient (Wildman–Crippen LogP) is 2.84. The van der Waals surface area contributed by atoms with Crippen LogP contribution >= 0.6 is 0 Å². The number of halogens is 2. The van der Waals surface area contributed by atoms with Crippen molar-refractivity contribution < 1.29 is 18.3 Å². The molecule has 2 aromatic carbocycles. The Balaban J connectivity index is 1.17. The SMILES string of the molecule is O=C(Cc1ccnn(-c2ccccc2)c1=O)N1C[C@@H]2[C@H](COc3cc(F)cc(F)c3)[C@@H]2C1.